The predicted octanol–water partition coefficient (Wildman–Crippen LogP) is 3.80. The van der Waals surface area contributed by atoms with Crippen LogP contribution in [0.15, 0.2) is 60.7 Å². The molecule has 16 heavy (non-hydrogen) atoms. The molecule has 1 heteroatoms. The summed E-state index contributed by atoms with van der Waals surface area (Å²) < 4.78 is 0. The molecule has 2 aromatic carbocycles. The Balaban J connectivity index is 2.31. The Kier molecular flexibility index (Phi) is 4.28. The summed E-state index contributed by atoms with van der Waals surface area (Å²) in [4.78, 5) is 0. The van der Waals surface area contributed by atoms with Gasteiger partial charge in [0.1, 0.15) is 0 Å². The second-order valence-corrected chi connectivity index (χ2v) is 4.16. The Hall–Kier alpha value is -0.963. The van der Waals surface area contributed by atoms with Crippen molar-refractivity contribution in [3.63, 3.8) is 0 Å². The van der Waals surface area contributed by atoms with Gasteiger partial charge in [-0.25, -0.2) is 0 Å². The van der Waals surface area contributed by atoms with Crippen LogP contribution in [0, 0.1) is 0 Å². The van der Waals surface area contributed by atoms with Gasteiger partial charge in [-0.2, -0.15) is 0 Å². The summed E-state index contributed by atoms with van der Waals surface area (Å²) in [5.74, 6) is 0.549. The third kappa shape index (κ3) is 2.79. The molecule has 0 radical (unpaired) electrons. The first kappa shape index (κ1) is 11.5. The normalized spacial score (nSPS) is 10.7. The topological polar surface area (TPSA) is 0 Å². The van der Waals surface area contributed by atoms with Gasteiger partial charge in [-0.1, -0.05) is 0 Å². The number of hydrogen-bond acceptors (Lipinski definition) is 0. The summed E-state index contributed by atoms with van der Waals surface area (Å²) in [6.07, 6.45) is 1.22. The first-order valence-electron chi connectivity index (χ1n) is 6.01. The summed E-state index contributed by atoms with van der Waals surface area (Å²) in [5, 5.41) is 1.22. The van der Waals surface area contributed by atoms with E-state index in [-0.39, 0.29) is 0 Å². The second-order valence-electron chi connectivity index (χ2n) is 4.16. The van der Waals surface area contributed by atoms with Crippen molar-refractivity contribution in [2.24, 2.45) is 0 Å². The van der Waals surface area contributed by atoms with Crippen LogP contribution in [0.4, 0.5) is 0 Å². The molecular weight excluding hydrogens is 187 g/mol. The number of hydrogen-bond donors (Lipinski definition) is 0. The van der Waals surface area contributed by atoms with Crippen LogP contribution in [-0.4, -0.2) is 17.7 Å². The van der Waals surface area contributed by atoms with Crippen LogP contribution in [0.5, 0.6) is 0 Å². The van der Waals surface area contributed by atoms with Gasteiger partial charge in [-0.3, -0.25) is 0 Å². The van der Waals surface area contributed by atoms with Gasteiger partial charge in [0.05, 0.1) is 0 Å². The minimum absolute atomic E-state index is 0.549. The Morgan fingerprint density at radius 3 is 1.56 bits per heavy atom. The Bertz CT molecular complexity index is 368. The first-order chi connectivity index (χ1) is 7.92. The van der Waals surface area contributed by atoms with Gasteiger partial charge in [-0.05, 0) is 0 Å². The molecule has 0 aliphatic rings. The molecule has 0 aliphatic carbocycles. The molecule has 0 spiro atoms. The summed E-state index contributed by atoms with van der Waals surface area (Å²) in [6, 6.07) is 21.6. The summed E-state index contributed by atoms with van der Waals surface area (Å²) in [6.45, 7) is 0. The van der Waals surface area contributed by atoms with E-state index >= 15 is 0 Å². The summed E-state index contributed by atoms with van der Waals surface area (Å²) in [7, 11) is 0. The Labute approximate surface area is 107 Å². The van der Waals surface area contributed by atoms with Crippen LogP contribution >= 0.6 is 0 Å². The SMILES string of the molecule is [Li][CH2]CC(c1ccccc1)c1ccccc1. The van der Waals surface area contributed by atoms with Crippen LogP contribution in [0.3, 0.4) is 0 Å². The minimum atomic E-state index is 0.549. The zero-order valence-corrected chi connectivity index (χ0v) is 9.77. The molecule has 2 aromatic rings. The molecule has 0 unspecified atom stereocenters. The third-order valence-electron chi connectivity index (χ3n) is 2.98. The fourth-order valence-corrected chi connectivity index (χ4v) is 2.19. The van der Waals surface area contributed by atoms with E-state index in [1.54, 1.807) is 0 Å². The standard InChI is InChI=1S/C15H15.Li/c1-2-15(13-9-5-3-6-10-13)14-11-7-4-8-12-14;/h3-12,15H,1-2H2;. The van der Waals surface area contributed by atoms with Gasteiger partial charge in [-0.15, -0.1) is 0 Å². The fourth-order valence-electron chi connectivity index (χ4n) is 2.19. The molecule has 0 saturated heterocycles. The van der Waals surface area contributed by atoms with Crippen molar-refractivity contribution >= 4 is 17.7 Å². The first-order valence-corrected chi connectivity index (χ1v) is 6.01. The van der Waals surface area contributed by atoms with E-state index in [1.165, 1.54) is 22.6 Å². The van der Waals surface area contributed by atoms with E-state index in [0.717, 1.165) is 0 Å². The maximum absolute atomic E-state index is 2.25. The van der Waals surface area contributed by atoms with Gasteiger partial charge in [0.15, 0.2) is 0 Å². The average molecular weight is 202 g/mol. The van der Waals surface area contributed by atoms with Crippen molar-refractivity contribution in [3.05, 3.63) is 71.8 Å². The van der Waals surface area contributed by atoms with Crippen LogP contribution in [-0.2, 0) is 0 Å². The molecule has 0 atom stereocenters. The van der Waals surface area contributed by atoms with E-state index in [0.29, 0.717) is 5.92 Å². The molecule has 0 N–H and O–H groups in total. The summed E-state index contributed by atoms with van der Waals surface area (Å²) >= 11 is 2.25. The van der Waals surface area contributed by atoms with Crippen molar-refractivity contribution in [3.8, 4) is 0 Å². The second kappa shape index (κ2) is 5.94. The zero-order valence-electron chi connectivity index (χ0n) is 9.77. The molecule has 0 aromatic heterocycles. The summed E-state index contributed by atoms with van der Waals surface area (Å²) in [5.41, 5.74) is 2.85. The molecule has 2 rings (SSSR count). The van der Waals surface area contributed by atoms with E-state index in [9.17, 15) is 0 Å². The Morgan fingerprint density at radius 2 is 1.19 bits per heavy atom. The van der Waals surface area contributed by atoms with Gasteiger partial charge in [0.25, 0.3) is 0 Å². The molecule has 0 heterocycles. The van der Waals surface area contributed by atoms with Crippen molar-refractivity contribution in [1.82, 2.24) is 0 Å². The zero-order chi connectivity index (χ0) is 11.2. The van der Waals surface area contributed by atoms with Gasteiger partial charge >= 0.3 is 107 Å². The van der Waals surface area contributed by atoms with Gasteiger partial charge in [0, 0.05) is 0 Å². The van der Waals surface area contributed by atoms with Crippen LogP contribution < -0.4 is 0 Å². The third-order valence-corrected chi connectivity index (χ3v) is 2.98. The van der Waals surface area contributed by atoms with Gasteiger partial charge < -0.3 is 0 Å². The van der Waals surface area contributed by atoms with E-state index in [2.05, 4.69) is 78.4 Å². The van der Waals surface area contributed by atoms with Crippen LogP contribution in [0.2, 0.25) is 5.09 Å². The average Bonchev–Trinajstić information content (AvgIpc) is 2.38. The van der Waals surface area contributed by atoms with Crippen LogP contribution in [0.1, 0.15) is 23.5 Å². The van der Waals surface area contributed by atoms with E-state index in [4.69, 9.17) is 0 Å². The van der Waals surface area contributed by atoms with Crippen molar-refractivity contribution in [1.29, 1.82) is 0 Å². The number of benzene rings is 2. The van der Waals surface area contributed by atoms with E-state index in [1.807, 2.05) is 0 Å². The molecular formula is C15H15Li. The molecule has 0 nitrogen and oxygen atoms in total. The van der Waals surface area contributed by atoms with Crippen molar-refractivity contribution in [2.75, 3.05) is 0 Å². The monoisotopic (exact) mass is 202 g/mol. The molecule has 0 saturated carbocycles. The van der Waals surface area contributed by atoms with Crippen molar-refractivity contribution in [2.45, 2.75) is 17.4 Å². The van der Waals surface area contributed by atoms with E-state index < -0.39 is 0 Å². The quantitative estimate of drug-likeness (QED) is 0.661. The number of rotatable bonds is 4. The fraction of sp³-hybridized carbons (Fsp3) is 0.200. The molecule has 0 aliphatic heterocycles. The Morgan fingerprint density at radius 1 is 0.750 bits per heavy atom. The predicted molar refractivity (Wildman–Crippen MR) is 69.9 cm³/mol. The molecule has 0 bridgehead atoms. The molecule has 0 amide bonds. The van der Waals surface area contributed by atoms with Crippen LogP contribution in [0.25, 0.3) is 0 Å². The van der Waals surface area contributed by atoms with Gasteiger partial charge in [0.2, 0.25) is 0 Å². The van der Waals surface area contributed by atoms with Crippen molar-refractivity contribution < 1.29 is 0 Å². The molecule has 0 fully saturated rings. The maximum atomic E-state index is 2.25. The molecule has 76 valence electrons.